The van der Waals surface area contributed by atoms with Gasteiger partial charge >= 0.3 is 0 Å². The van der Waals surface area contributed by atoms with E-state index in [1.165, 1.54) is 5.56 Å². The van der Waals surface area contributed by atoms with Crippen LogP contribution < -0.4 is 0 Å². The molecule has 1 aliphatic rings. The van der Waals surface area contributed by atoms with Crippen LogP contribution in [0.25, 0.3) is 5.82 Å². The second kappa shape index (κ2) is 6.55. The lowest BCUT2D eigenvalue weighted by Gasteiger charge is -2.15. The molecule has 6 nitrogen and oxygen atoms in total. The van der Waals surface area contributed by atoms with Crippen LogP contribution in [0.1, 0.15) is 34.5 Å². The molecule has 1 aliphatic heterocycles. The van der Waals surface area contributed by atoms with E-state index in [0.717, 1.165) is 37.3 Å². The summed E-state index contributed by atoms with van der Waals surface area (Å²) >= 11 is 0. The van der Waals surface area contributed by atoms with E-state index in [-0.39, 0.29) is 5.91 Å². The lowest BCUT2D eigenvalue weighted by molar-refractivity contribution is 0.0787. The Labute approximate surface area is 146 Å². The lowest BCUT2D eigenvalue weighted by atomic mass is 10.1. The minimum Gasteiger partial charge on any atom is -0.337 e. The Hall–Kier alpha value is -2.89. The van der Waals surface area contributed by atoms with Crippen molar-refractivity contribution < 1.29 is 4.79 Å². The van der Waals surface area contributed by atoms with Gasteiger partial charge in [-0.3, -0.25) is 4.79 Å². The maximum absolute atomic E-state index is 12.9. The summed E-state index contributed by atoms with van der Waals surface area (Å²) in [7, 11) is 0. The number of hydrogen-bond donors (Lipinski definition) is 0. The summed E-state index contributed by atoms with van der Waals surface area (Å²) in [5.74, 6) is 0.693. The van der Waals surface area contributed by atoms with Crippen LogP contribution in [-0.2, 0) is 6.54 Å². The fraction of sp³-hybridized carbons (Fsp3) is 0.316. The number of carbonyl (C=O) groups is 1. The van der Waals surface area contributed by atoms with Crippen LogP contribution >= 0.6 is 0 Å². The van der Waals surface area contributed by atoms with Crippen LogP contribution in [-0.4, -0.2) is 43.5 Å². The summed E-state index contributed by atoms with van der Waals surface area (Å²) in [6.45, 7) is 4.24. The third kappa shape index (κ3) is 3.07. The molecule has 0 aliphatic carbocycles. The highest BCUT2D eigenvalue weighted by Gasteiger charge is 2.27. The molecule has 25 heavy (non-hydrogen) atoms. The number of nitrogens with zero attached hydrogens (tertiary/aromatic N) is 5. The van der Waals surface area contributed by atoms with Crippen molar-refractivity contribution >= 4 is 5.91 Å². The van der Waals surface area contributed by atoms with Crippen LogP contribution in [0.4, 0.5) is 0 Å². The fourth-order valence-corrected chi connectivity index (χ4v) is 3.22. The Balaban J connectivity index is 1.71. The summed E-state index contributed by atoms with van der Waals surface area (Å²) < 4.78 is 3.71. The Kier molecular flexibility index (Phi) is 4.09. The van der Waals surface area contributed by atoms with Gasteiger partial charge in [0.15, 0.2) is 11.5 Å². The van der Waals surface area contributed by atoms with E-state index in [1.54, 1.807) is 4.68 Å². The molecule has 1 amide bonds. The topological polar surface area (TPSA) is 56.0 Å². The first-order valence-electron chi connectivity index (χ1n) is 8.64. The highest BCUT2D eigenvalue weighted by molar-refractivity contribution is 5.95. The Bertz CT molecular complexity index is 858. The molecule has 2 aromatic heterocycles. The quantitative estimate of drug-likeness (QED) is 0.736. The second-order valence-electron chi connectivity index (χ2n) is 6.49. The predicted molar refractivity (Wildman–Crippen MR) is 94.8 cm³/mol. The molecule has 0 saturated carbocycles. The van der Waals surface area contributed by atoms with Crippen molar-refractivity contribution in [1.82, 2.24) is 24.5 Å². The zero-order valence-corrected chi connectivity index (χ0v) is 14.3. The molecular weight excluding hydrogens is 314 g/mol. The number of carbonyl (C=O) groups excluding carboxylic acids is 1. The Morgan fingerprint density at radius 2 is 1.76 bits per heavy atom. The zero-order valence-electron chi connectivity index (χ0n) is 14.3. The predicted octanol–water partition coefficient (Wildman–Crippen LogP) is 2.66. The smallest absolute Gasteiger partial charge is 0.278 e. The Morgan fingerprint density at radius 3 is 2.44 bits per heavy atom. The van der Waals surface area contributed by atoms with Crippen LogP contribution in [0.15, 0.2) is 48.8 Å². The zero-order chi connectivity index (χ0) is 17.2. The van der Waals surface area contributed by atoms with E-state index in [4.69, 9.17) is 0 Å². The van der Waals surface area contributed by atoms with Gasteiger partial charge < -0.3 is 9.47 Å². The molecule has 3 aromatic rings. The van der Waals surface area contributed by atoms with E-state index in [0.29, 0.717) is 12.2 Å². The van der Waals surface area contributed by atoms with Gasteiger partial charge in [0.1, 0.15) is 0 Å². The van der Waals surface area contributed by atoms with Gasteiger partial charge in [0.25, 0.3) is 5.91 Å². The molecule has 0 spiro atoms. The van der Waals surface area contributed by atoms with Crippen molar-refractivity contribution in [3.05, 3.63) is 65.6 Å². The second-order valence-corrected chi connectivity index (χ2v) is 6.49. The van der Waals surface area contributed by atoms with Crippen LogP contribution in [0.3, 0.4) is 0 Å². The van der Waals surface area contributed by atoms with Crippen molar-refractivity contribution in [3.8, 4) is 5.82 Å². The number of rotatable bonds is 4. The first-order chi connectivity index (χ1) is 12.2. The monoisotopic (exact) mass is 335 g/mol. The van der Waals surface area contributed by atoms with Gasteiger partial charge in [-0.05, 0) is 37.5 Å². The molecule has 3 heterocycles. The average Bonchev–Trinajstić information content (AvgIpc) is 3.37. The molecular formula is C19H21N5O. The van der Waals surface area contributed by atoms with Crippen LogP contribution in [0, 0.1) is 6.92 Å². The summed E-state index contributed by atoms with van der Waals surface area (Å²) in [6, 6.07) is 12.2. The van der Waals surface area contributed by atoms with Gasteiger partial charge in [-0.1, -0.05) is 35.0 Å². The van der Waals surface area contributed by atoms with Crippen molar-refractivity contribution in [3.63, 3.8) is 0 Å². The van der Waals surface area contributed by atoms with Gasteiger partial charge in [-0.25, -0.2) is 4.68 Å². The summed E-state index contributed by atoms with van der Waals surface area (Å²) in [5.41, 5.74) is 2.77. The first-order valence-corrected chi connectivity index (χ1v) is 8.64. The minimum atomic E-state index is -0.0312. The standard InChI is InChI=1S/C19H21N5O/c1-15-6-8-16(9-7-15)14-24-18(22-10-2-3-11-22)17(20-21-24)19(25)23-12-4-5-13-23/h2-3,6-11H,4-5,12-14H2,1H3. The van der Waals surface area contributed by atoms with Gasteiger partial charge in [0.05, 0.1) is 6.54 Å². The molecule has 0 bridgehead atoms. The molecule has 0 radical (unpaired) electrons. The molecule has 1 saturated heterocycles. The van der Waals surface area contributed by atoms with E-state index in [9.17, 15) is 4.79 Å². The van der Waals surface area contributed by atoms with E-state index in [1.807, 2.05) is 34.0 Å². The summed E-state index contributed by atoms with van der Waals surface area (Å²) in [5, 5.41) is 8.51. The highest BCUT2D eigenvalue weighted by Crippen LogP contribution is 2.19. The number of aryl methyl sites for hydroxylation is 1. The van der Waals surface area contributed by atoms with E-state index in [2.05, 4.69) is 41.5 Å². The third-order valence-electron chi connectivity index (χ3n) is 4.61. The van der Waals surface area contributed by atoms with Gasteiger partial charge in [-0.2, -0.15) is 0 Å². The number of hydrogen-bond acceptors (Lipinski definition) is 3. The number of benzene rings is 1. The lowest BCUT2D eigenvalue weighted by Crippen LogP contribution is -2.29. The van der Waals surface area contributed by atoms with Crippen LogP contribution in [0.2, 0.25) is 0 Å². The van der Waals surface area contributed by atoms with E-state index >= 15 is 0 Å². The maximum Gasteiger partial charge on any atom is 0.278 e. The van der Waals surface area contributed by atoms with Crippen LogP contribution in [0.5, 0.6) is 0 Å². The summed E-state index contributed by atoms with van der Waals surface area (Å²) in [4.78, 5) is 14.7. The molecule has 0 N–H and O–H groups in total. The number of likely N-dealkylation sites (tertiary alicyclic amines) is 1. The van der Waals surface area contributed by atoms with Gasteiger partial charge in [-0.15, -0.1) is 5.10 Å². The minimum absolute atomic E-state index is 0.0312. The molecule has 6 heteroatoms. The van der Waals surface area contributed by atoms with Crippen molar-refractivity contribution in [2.75, 3.05) is 13.1 Å². The summed E-state index contributed by atoms with van der Waals surface area (Å²) in [6.07, 6.45) is 5.96. The number of aromatic nitrogens is 4. The molecule has 128 valence electrons. The maximum atomic E-state index is 12.9. The van der Waals surface area contributed by atoms with Crippen molar-refractivity contribution in [2.24, 2.45) is 0 Å². The fourth-order valence-electron chi connectivity index (χ4n) is 3.22. The van der Waals surface area contributed by atoms with Gasteiger partial charge in [0.2, 0.25) is 0 Å². The largest absolute Gasteiger partial charge is 0.337 e. The van der Waals surface area contributed by atoms with Crippen molar-refractivity contribution in [2.45, 2.75) is 26.3 Å². The van der Waals surface area contributed by atoms with E-state index < -0.39 is 0 Å². The SMILES string of the molecule is Cc1ccc(Cn2nnc(C(=O)N3CCCC3)c2-n2cccc2)cc1. The molecule has 1 fully saturated rings. The third-order valence-corrected chi connectivity index (χ3v) is 4.61. The highest BCUT2D eigenvalue weighted by atomic mass is 16.2. The molecule has 0 unspecified atom stereocenters. The normalized spacial score (nSPS) is 14.2. The van der Waals surface area contributed by atoms with Gasteiger partial charge in [0, 0.05) is 25.5 Å². The number of amides is 1. The average molecular weight is 335 g/mol. The molecule has 4 rings (SSSR count). The van der Waals surface area contributed by atoms with Crippen molar-refractivity contribution in [1.29, 1.82) is 0 Å². The molecule has 1 aromatic carbocycles. The first kappa shape index (κ1) is 15.6. The molecule has 0 atom stereocenters. The Morgan fingerprint density at radius 1 is 1.08 bits per heavy atom.